The molecule has 2 saturated heterocycles. The van der Waals surface area contributed by atoms with Gasteiger partial charge in [0, 0.05) is 39.2 Å². The lowest BCUT2D eigenvalue weighted by molar-refractivity contribution is 0.00306. The molecule has 1 aromatic carbocycles. The Morgan fingerprint density at radius 3 is 2.57 bits per heavy atom. The molecule has 0 unspecified atom stereocenters. The SMILES string of the molecule is Cn1cccc(C(=O)N2CCC3(CC2)CN(CCOc2ccccc2)C(=O)O3)c1=O. The van der Waals surface area contributed by atoms with Gasteiger partial charge in [0.15, 0.2) is 0 Å². The summed E-state index contributed by atoms with van der Waals surface area (Å²) < 4.78 is 12.8. The van der Waals surface area contributed by atoms with Crippen LogP contribution in [-0.2, 0) is 11.8 Å². The Morgan fingerprint density at radius 2 is 1.83 bits per heavy atom. The normalized spacial score (nSPS) is 17.8. The zero-order valence-electron chi connectivity index (χ0n) is 17.0. The van der Waals surface area contributed by atoms with Gasteiger partial charge >= 0.3 is 6.09 Å². The molecular formula is C22H25N3O5. The van der Waals surface area contributed by atoms with Crippen LogP contribution in [0.4, 0.5) is 4.79 Å². The van der Waals surface area contributed by atoms with Crippen LogP contribution in [-0.4, -0.2) is 64.8 Å². The van der Waals surface area contributed by atoms with E-state index in [9.17, 15) is 14.4 Å². The van der Waals surface area contributed by atoms with Crippen molar-refractivity contribution in [2.45, 2.75) is 18.4 Å². The highest BCUT2D eigenvalue weighted by Crippen LogP contribution is 2.33. The Balaban J connectivity index is 1.32. The van der Waals surface area contributed by atoms with Crippen LogP contribution < -0.4 is 10.3 Å². The largest absolute Gasteiger partial charge is 0.492 e. The Kier molecular flexibility index (Phi) is 5.48. The summed E-state index contributed by atoms with van der Waals surface area (Å²) in [7, 11) is 1.62. The maximum Gasteiger partial charge on any atom is 0.410 e. The number of rotatable bonds is 5. The van der Waals surface area contributed by atoms with Crippen LogP contribution >= 0.6 is 0 Å². The number of benzene rings is 1. The minimum atomic E-state index is -0.581. The summed E-state index contributed by atoms with van der Waals surface area (Å²) in [6.07, 6.45) is 2.38. The smallest absolute Gasteiger partial charge is 0.410 e. The molecule has 3 heterocycles. The molecule has 0 bridgehead atoms. The van der Waals surface area contributed by atoms with E-state index in [1.165, 1.54) is 4.57 Å². The van der Waals surface area contributed by atoms with Crippen molar-refractivity contribution in [1.82, 2.24) is 14.4 Å². The van der Waals surface area contributed by atoms with Crippen molar-refractivity contribution in [2.75, 3.05) is 32.8 Å². The molecule has 1 spiro atoms. The fourth-order valence-electron chi connectivity index (χ4n) is 3.96. The van der Waals surface area contributed by atoms with Gasteiger partial charge in [-0.05, 0) is 24.3 Å². The van der Waals surface area contributed by atoms with Gasteiger partial charge in [-0.25, -0.2) is 4.79 Å². The first-order valence-electron chi connectivity index (χ1n) is 10.1. The summed E-state index contributed by atoms with van der Waals surface area (Å²) in [5.41, 5.74) is -0.721. The number of pyridine rings is 1. The van der Waals surface area contributed by atoms with Gasteiger partial charge in [-0.1, -0.05) is 18.2 Å². The number of likely N-dealkylation sites (tertiary alicyclic amines) is 1. The lowest BCUT2D eigenvalue weighted by Crippen LogP contribution is -2.49. The quantitative estimate of drug-likeness (QED) is 0.751. The van der Waals surface area contributed by atoms with Crippen molar-refractivity contribution in [2.24, 2.45) is 7.05 Å². The van der Waals surface area contributed by atoms with Crippen LogP contribution in [0.5, 0.6) is 5.75 Å². The summed E-state index contributed by atoms with van der Waals surface area (Å²) in [5.74, 6) is 0.488. The molecule has 8 nitrogen and oxygen atoms in total. The van der Waals surface area contributed by atoms with Gasteiger partial charge in [-0.3, -0.25) is 9.59 Å². The Labute approximate surface area is 174 Å². The van der Waals surface area contributed by atoms with Crippen LogP contribution in [0.25, 0.3) is 0 Å². The standard InChI is InChI=1S/C22H25N3O5/c1-23-11-5-8-18(19(23)26)20(27)24-12-9-22(10-13-24)16-25(21(28)30-22)14-15-29-17-6-3-2-4-7-17/h2-8,11H,9-10,12-16H2,1H3. The van der Waals surface area contributed by atoms with Gasteiger partial charge in [0.05, 0.1) is 13.1 Å². The van der Waals surface area contributed by atoms with E-state index in [0.29, 0.717) is 45.6 Å². The van der Waals surface area contributed by atoms with Crippen molar-refractivity contribution >= 4 is 12.0 Å². The van der Waals surface area contributed by atoms with Crippen LogP contribution in [0.1, 0.15) is 23.2 Å². The van der Waals surface area contributed by atoms with Gasteiger partial charge in [0.25, 0.3) is 11.5 Å². The third kappa shape index (κ3) is 4.03. The van der Waals surface area contributed by atoms with E-state index < -0.39 is 5.60 Å². The number of aromatic nitrogens is 1. The summed E-state index contributed by atoms with van der Waals surface area (Å²) in [6, 6.07) is 12.7. The molecule has 0 radical (unpaired) electrons. The number of carbonyl (C=O) groups excluding carboxylic acids is 2. The maximum absolute atomic E-state index is 12.8. The van der Waals surface area contributed by atoms with Crippen molar-refractivity contribution in [1.29, 1.82) is 0 Å². The number of aryl methyl sites for hydroxylation is 1. The topological polar surface area (TPSA) is 81.1 Å². The molecule has 4 rings (SSSR count). The first-order valence-corrected chi connectivity index (χ1v) is 10.1. The van der Waals surface area contributed by atoms with E-state index in [2.05, 4.69) is 0 Å². The second-order valence-electron chi connectivity index (χ2n) is 7.76. The fourth-order valence-corrected chi connectivity index (χ4v) is 3.96. The highest BCUT2D eigenvalue weighted by atomic mass is 16.6. The molecule has 8 heteroatoms. The van der Waals surface area contributed by atoms with E-state index in [1.807, 2.05) is 30.3 Å². The molecule has 0 atom stereocenters. The van der Waals surface area contributed by atoms with Gasteiger partial charge in [-0.2, -0.15) is 0 Å². The average Bonchev–Trinajstić information content (AvgIpc) is 3.05. The first-order chi connectivity index (χ1) is 14.5. The van der Waals surface area contributed by atoms with Gasteiger partial charge in [0.1, 0.15) is 23.5 Å². The number of para-hydroxylation sites is 1. The zero-order valence-corrected chi connectivity index (χ0v) is 17.0. The van der Waals surface area contributed by atoms with E-state index in [0.717, 1.165) is 5.75 Å². The average molecular weight is 411 g/mol. The highest BCUT2D eigenvalue weighted by molar-refractivity contribution is 5.93. The van der Waals surface area contributed by atoms with Crippen LogP contribution in [0.15, 0.2) is 53.5 Å². The van der Waals surface area contributed by atoms with E-state index in [1.54, 1.807) is 35.2 Å². The predicted molar refractivity (Wildman–Crippen MR) is 110 cm³/mol. The summed E-state index contributed by atoms with van der Waals surface area (Å²) >= 11 is 0. The molecule has 0 aliphatic carbocycles. The Morgan fingerprint density at radius 1 is 1.10 bits per heavy atom. The third-order valence-corrected chi connectivity index (χ3v) is 5.73. The number of hydrogen-bond acceptors (Lipinski definition) is 5. The Bertz CT molecular complexity index is 980. The molecule has 2 aliphatic rings. The maximum atomic E-state index is 12.8. The highest BCUT2D eigenvalue weighted by Gasteiger charge is 2.47. The number of ether oxygens (including phenoxy) is 2. The van der Waals surface area contributed by atoms with Gasteiger partial charge < -0.3 is 23.8 Å². The van der Waals surface area contributed by atoms with Crippen molar-refractivity contribution < 1.29 is 19.1 Å². The lowest BCUT2D eigenvalue weighted by atomic mass is 9.91. The lowest BCUT2D eigenvalue weighted by Gasteiger charge is -2.37. The molecule has 1 aromatic heterocycles. The fraction of sp³-hybridized carbons (Fsp3) is 0.409. The summed E-state index contributed by atoms with van der Waals surface area (Å²) in [4.78, 5) is 40.6. The minimum Gasteiger partial charge on any atom is -0.492 e. The second-order valence-corrected chi connectivity index (χ2v) is 7.76. The molecule has 0 saturated carbocycles. The Hall–Kier alpha value is -3.29. The minimum absolute atomic E-state index is 0.166. The molecule has 0 N–H and O–H groups in total. The van der Waals surface area contributed by atoms with Crippen LogP contribution in [0.3, 0.4) is 0 Å². The number of nitrogens with zero attached hydrogens (tertiary/aromatic N) is 3. The summed E-state index contributed by atoms with van der Waals surface area (Å²) in [6.45, 7) is 2.20. The number of carbonyl (C=O) groups is 2. The van der Waals surface area contributed by atoms with Crippen molar-refractivity contribution in [3.63, 3.8) is 0 Å². The number of amides is 2. The predicted octanol–water partition coefficient (Wildman–Crippen LogP) is 1.89. The van der Waals surface area contributed by atoms with E-state index >= 15 is 0 Å². The van der Waals surface area contributed by atoms with Crippen LogP contribution in [0.2, 0.25) is 0 Å². The molecule has 158 valence electrons. The van der Waals surface area contributed by atoms with Crippen molar-refractivity contribution in [3.8, 4) is 5.75 Å². The van der Waals surface area contributed by atoms with E-state index in [-0.39, 0.29) is 23.1 Å². The van der Waals surface area contributed by atoms with Crippen molar-refractivity contribution in [3.05, 3.63) is 64.6 Å². The molecular weight excluding hydrogens is 386 g/mol. The second kappa shape index (κ2) is 8.22. The first kappa shape index (κ1) is 20.0. The summed E-state index contributed by atoms with van der Waals surface area (Å²) in [5, 5.41) is 0. The number of hydrogen-bond donors (Lipinski definition) is 0. The number of piperidine rings is 1. The molecule has 2 amide bonds. The molecule has 30 heavy (non-hydrogen) atoms. The zero-order chi connectivity index (χ0) is 21.1. The monoisotopic (exact) mass is 411 g/mol. The molecule has 2 aliphatic heterocycles. The van der Waals surface area contributed by atoms with Gasteiger partial charge in [-0.15, -0.1) is 0 Å². The molecule has 2 aromatic rings. The molecule has 2 fully saturated rings. The third-order valence-electron chi connectivity index (χ3n) is 5.73. The van der Waals surface area contributed by atoms with E-state index in [4.69, 9.17) is 9.47 Å². The van der Waals surface area contributed by atoms with Gasteiger partial charge in [0.2, 0.25) is 0 Å². The van der Waals surface area contributed by atoms with Crippen LogP contribution in [0, 0.1) is 0 Å².